The highest BCUT2D eigenvalue weighted by Gasteiger charge is 2.20. The molecule has 0 radical (unpaired) electrons. The number of nitrogens with zero attached hydrogens (tertiary/aromatic N) is 2. The summed E-state index contributed by atoms with van der Waals surface area (Å²) >= 11 is 0. The summed E-state index contributed by atoms with van der Waals surface area (Å²) in [7, 11) is -3.60. The Morgan fingerprint density at radius 3 is 2.08 bits per heavy atom. The Bertz CT molecular complexity index is 1370. The third-order valence-electron chi connectivity index (χ3n) is 8.53. The number of sulfonamides is 1. The van der Waals surface area contributed by atoms with E-state index in [0.29, 0.717) is 19.5 Å². The van der Waals surface area contributed by atoms with Gasteiger partial charge in [-0.25, -0.2) is 17.9 Å². The van der Waals surface area contributed by atoms with E-state index >= 15 is 0 Å². The Morgan fingerprint density at radius 2 is 1.45 bits per heavy atom. The average Bonchev–Trinajstić information content (AvgIpc) is 3.60. The molecule has 2 aromatic heterocycles. The molecule has 1 atom stereocenters. The lowest BCUT2D eigenvalue weighted by Gasteiger charge is -2.18. The summed E-state index contributed by atoms with van der Waals surface area (Å²) in [6.07, 6.45) is 23.2. The third-order valence-corrected chi connectivity index (χ3v) is 9.97. The first-order chi connectivity index (χ1) is 23.5. The number of rotatable bonds is 28. The first-order valence-corrected chi connectivity index (χ1v) is 19.9. The second-order valence-corrected chi connectivity index (χ2v) is 14.6. The predicted molar refractivity (Wildman–Crippen MR) is 190 cm³/mol. The number of pyridine rings is 1. The summed E-state index contributed by atoms with van der Waals surface area (Å²) in [5, 5.41) is 7.61. The number of fused-ring (bicyclic) bond motifs is 1. The van der Waals surface area contributed by atoms with E-state index in [1.165, 1.54) is 102 Å². The highest BCUT2D eigenvalue weighted by Crippen LogP contribution is 2.14. The van der Waals surface area contributed by atoms with Gasteiger partial charge < -0.3 is 43.3 Å². The maximum Gasteiger partial charge on any atom is 0.407 e. The van der Waals surface area contributed by atoms with Crippen molar-refractivity contribution >= 4 is 27.0 Å². The van der Waals surface area contributed by atoms with Gasteiger partial charge in [0.2, 0.25) is 15.5 Å². The molecule has 12 heteroatoms. The first kappa shape index (κ1) is 42.7. The Morgan fingerprint density at radius 1 is 0.837 bits per heavy atom. The predicted octanol–water partition coefficient (Wildman–Crippen LogP) is 4.86. The average molecular weight is 815 g/mol. The zero-order chi connectivity index (χ0) is 34.1. The van der Waals surface area contributed by atoms with Crippen LogP contribution in [0.4, 0.5) is 4.79 Å². The molecule has 1 unspecified atom stereocenters. The molecule has 10 nitrogen and oxygen atoms in total. The first-order valence-electron chi connectivity index (χ1n) is 18.3. The van der Waals surface area contributed by atoms with Crippen LogP contribution in [-0.2, 0) is 21.3 Å². The van der Waals surface area contributed by atoms with E-state index < -0.39 is 22.2 Å². The minimum absolute atomic E-state index is 0. The normalized spacial score (nSPS) is 12.0. The van der Waals surface area contributed by atoms with Gasteiger partial charge in [0.15, 0.2) is 6.20 Å². The molecular formula is C37H59IN4O6S. The molecule has 3 rings (SSSR count). The van der Waals surface area contributed by atoms with Crippen molar-refractivity contribution in [1.82, 2.24) is 15.2 Å². The van der Waals surface area contributed by atoms with Gasteiger partial charge in [-0.15, -0.1) is 0 Å². The highest BCUT2D eigenvalue weighted by molar-refractivity contribution is 7.89. The van der Waals surface area contributed by atoms with E-state index in [1.54, 1.807) is 0 Å². The van der Waals surface area contributed by atoms with Crippen LogP contribution in [-0.4, -0.2) is 51.2 Å². The number of hydrogen-bond acceptors (Lipinski definition) is 7. The molecule has 0 saturated heterocycles. The molecule has 0 fully saturated rings. The van der Waals surface area contributed by atoms with Gasteiger partial charge in [0, 0.05) is 36.6 Å². The SMILES string of the molecule is CCCCCCCCCCCCCCCCCCNC(=O)OCC(CNS(=O)(=O)CCC[n+]1cccc2ccccc21)Oc1ccon1.[I-]. The van der Waals surface area contributed by atoms with Crippen molar-refractivity contribution < 1.29 is 55.8 Å². The fourth-order valence-corrected chi connectivity index (χ4v) is 6.88. The molecule has 1 amide bonds. The van der Waals surface area contributed by atoms with E-state index in [4.69, 9.17) is 14.0 Å². The number of nitrogens with one attached hydrogen (secondary N) is 2. The van der Waals surface area contributed by atoms with Crippen molar-refractivity contribution in [3.63, 3.8) is 0 Å². The number of benzene rings is 1. The fourth-order valence-electron chi connectivity index (χ4n) is 5.78. The van der Waals surface area contributed by atoms with Crippen LogP contribution >= 0.6 is 0 Å². The van der Waals surface area contributed by atoms with Gasteiger partial charge in [-0.2, -0.15) is 4.57 Å². The van der Waals surface area contributed by atoms with Crippen LogP contribution in [0.5, 0.6) is 5.88 Å². The number of carbonyl (C=O) groups is 1. The Balaban J connectivity index is 0.00000833. The second kappa shape index (κ2) is 26.4. The molecule has 0 spiro atoms. The summed E-state index contributed by atoms with van der Waals surface area (Å²) in [6, 6.07) is 13.5. The third kappa shape index (κ3) is 19.5. The molecule has 3 aromatic rings. The lowest BCUT2D eigenvalue weighted by atomic mass is 10.0. The minimum atomic E-state index is -3.60. The molecular weight excluding hydrogens is 755 g/mol. The number of hydrogen-bond donors (Lipinski definition) is 2. The van der Waals surface area contributed by atoms with Gasteiger partial charge in [0.1, 0.15) is 25.5 Å². The number of ether oxygens (including phenoxy) is 2. The summed E-state index contributed by atoms with van der Waals surface area (Å²) in [4.78, 5) is 12.3. The van der Waals surface area contributed by atoms with Crippen LogP contribution in [0.3, 0.4) is 0 Å². The van der Waals surface area contributed by atoms with Crippen molar-refractivity contribution in [3.05, 3.63) is 54.9 Å². The lowest BCUT2D eigenvalue weighted by molar-refractivity contribution is -0.671. The molecule has 0 aliphatic rings. The fraction of sp³-hybridized carbons (Fsp3) is 0.649. The number of amides is 1. The molecule has 0 bridgehead atoms. The van der Waals surface area contributed by atoms with E-state index in [2.05, 4.69) is 22.1 Å². The van der Waals surface area contributed by atoms with Gasteiger partial charge >= 0.3 is 6.09 Å². The van der Waals surface area contributed by atoms with Crippen LogP contribution in [0.25, 0.3) is 10.9 Å². The van der Waals surface area contributed by atoms with Gasteiger partial charge in [-0.1, -0.05) is 115 Å². The highest BCUT2D eigenvalue weighted by atomic mass is 127. The summed E-state index contributed by atoms with van der Waals surface area (Å²) in [6.45, 7) is 3.13. The standard InChI is InChI=1S/C37H58N4O6S.HI/c1-2-3-4-5-6-7-8-9-10-11-12-13-14-15-16-19-26-38-37(42)45-32-34(47-36-25-29-46-40-36)31-39-48(43,44)30-21-28-41-27-20-23-33-22-17-18-24-35(33)41;/h17-18,20,22-25,27,29,34,39H,2-16,19,21,26,28,30-32H2,1H3;1H. The van der Waals surface area contributed by atoms with Crippen LogP contribution in [0.15, 0.2) is 59.4 Å². The van der Waals surface area contributed by atoms with E-state index in [9.17, 15) is 13.2 Å². The Kier molecular flexibility index (Phi) is 23.0. The molecule has 2 N–H and O–H groups in total. The summed E-state index contributed by atoms with van der Waals surface area (Å²) in [5.41, 5.74) is 1.05. The van der Waals surface area contributed by atoms with Crippen molar-refractivity contribution in [3.8, 4) is 5.88 Å². The monoisotopic (exact) mass is 814 g/mol. The van der Waals surface area contributed by atoms with Crippen LogP contribution in [0.1, 0.15) is 116 Å². The van der Waals surface area contributed by atoms with Gasteiger partial charge in [-0.05, 0) is 23.7 Å². The minimum Gasteiger partial charge on any atom is -1.00 e. The number of alkyl carbamates (subject to hydrolysis) is 1. The molecule has 1 aromatic carbocycles. The largest absolute Gasteiger partial charge is 1.00 e. The van der Waals surface area contributed by atoms with E-state index in [1.807, 2.05) is 47.2 Å². The molecule has 49 heavy (non-hydrogen) atoms. The van der Waals surface area contributed by atoms with E-state index in [0.717, 1.165) is 23.7 Å². The lowest BCUT2D eigenvalue weighted by Crippen LogP contribution is -3.00. The quantitative estimate of drug-likeness (QED) is 0.0610. The number of unbranched alkanes of at least 4 members (excludes halogenated alkanes) is 15. The number of carbonyl (C=O) groups excluding carboxylic acids is 1. The van der Waals surface area contributed by atoms with Crippen molar-refractivity contribution in [2.75, 3.05) is 25.4 Å². The zero-order valence-electron chi connectivity index (χ0n) is 29.5. The maximum atomic E-state index is 12.8. The van der Waals surface area contributed by atoms with Crippen molar-refractivity contribution in [1.29, 1.82) is 0 Å². The summed E-state index contributed by atoms with van der Waals surface area (Å²) in [5.74, 6) is 0.129. The molecule has 276 valence electrons. The van der Waals surface area contributed by atoms with Crippen molar-refractivity contribution in [2.45, 2.75) is 129 Å². The topological polar surface area (TPSA) is 124 Å². The van der Waals surface area contributed by atoms with Gasteiger partial charge in [0.05, 0.1) is 12.3 Å². The van der Waals surface area contributed by atoms with Gasteiger partial charge in [-0.3, -0.25) is 0 Å². The number of para-hydroxylation sites is 1. The molecule has 0 aliphatic heterocycles. The number of aromatic nitrogens is 2. The zero-order valence-corrected chi connectivity index (χ0v) is 32.4. The van der Waals surface area contributed by atoms with E-state index in [-0.39, 0.29) is 48.8 Å². The van der Waals surface area contributed by atoms with Crippen LogP contribution in [0.2, 0.25) is 0 Å². The Hall–Kier alpha value is -2.45. The maximum absolute atomic E-state index is 12.8. The number of halogens is 1. The smallest absolute Gasteiger partial charge is 0.407 e. The molecule has 2 heterocycles. The number of aryl methyl sites for hydroxylation is 1. The van der Waals surface area contributed by atoms with Gasteiger partial charge in [0.25, 0.3) is 5.88 Å². The van der Waals surface area contributed by atoms with Crippen LogP contribution in [0, 0.1) is 0 Å². The molecule has 0 saturated carbocycles. The Labute approximate surface area is 311 Å². The molecule has 0 aliphatic carbocycles. The second-order valence-electron chi connectivity index (χ2n) is 12.7. The van der Waals surface area contributed by atoms with Crippen LogP contribution < -0.4 is 43.3 Å². The van der Waals surface area contributed by atoms with Crippen molar-refractivity contribution in [2.24, 2.45) is 0 Å². The summed E-state index contributed by atoms with van der Waals surface area (Å²) < 4.78 is 46.1.